The third kappa shape index (κ3) is 2.57. The van der Waals surface area contributed by atoms with Gasteiger partial charge in [0.05, 0.1) is 18.6 Å². The molecule has 3 rings (SSSR count). The van der Waals surface area contributed by atoms with Gasteiger partial charge in [-0.25, -0.2) is 0 Å². The molecule has 0 N–H and O–H groups in total. The molecular formula is C16H20ClNO2. The number of carbonyl (C=O) groups excluding carboxylic acids is 1. The maximum absolute atomic E-state index is 12.6. The molecule has 0 radical (unpaired) electrons. The molecule has 0 bridgehead atoms. The van der Waals surface area contributed by atoms with Crippen LogP contribution in [0.25, 0.3) is 0 Å². The Morgan fingerprint density at radius 2 is 2.00 bits per heavy atom. The number of benzene rings is 1. The molecule has 108 valence electrons. The Morgan fingerprint density at radius 1 is 1.25 bits per heavy atom. The molecule has 1 heterocycles. The fourth-order valence-corrected chi connectivity index (χ4v) is 3.61. The molecule has 2 aliphatic rings. The first-order chi connectivity index (χ1) is 9.66. The van der Waals surface area contributed by atoms with Crippen LogP contribution in [0.2, 0.25) is 0 Å². The SMILES string of the molecule is CN(C(=O)c1ccc2c(c1)COC2)C1CCCCC1Cl. The highest BCUT2D eigenvalue weighted by atomic mass is 35.5. The van der Waals surface area contributed by atoms with Crippen molar-refractivity contribution in [1.29, 1.82) is 0 Å². The first-order valence-electron chi connectivity index (χ1n) is 7.27. The number of alkyl halides is 1. The average molecular weight is 294 g/mol. The van der Waals surface area contributed by atoms with E-state index in [0.717, 1.165) is 30.4 Å². The monoisotopic (exact) mass is 293 g/mol. The van der Waals surface area contributed by atoms with E-state index in [1.54, 1.807) is 0 Å². The highest BCUT2D eigenvalue weighted by molar-refractivity contribution is 6.21. The van der Waals surface area contributed by atoms with Crippen molar-refractivity contribution < 1.29 is 9.53 Å². The number of hydrogen-bond acceptors (Lipinski definition) is 2. The van der Waals surface area contributed by atoms with Crippen LogP contribution in [-0.2, 0) is 18.0 Å². The molecule has 1 fully saturated rings. The van der Waals surface area contributed by atoms with Crippen molar-refractivity contribution in [1.82, 2.24) is 4.90 Å². The standard InChI is InChI=1S/C16H20ClNO2/c1-18(15-5-3-2-4-14(15)17)16(19)11-6-7-12-9-20-10-13(12)8-11/h6-8,14-15H,2-5,9-10H2,1H3. The molecule has 1 aliphatic heterocycles. The molecule has 1 saturated carbocycles. The lowest BCUT2D eigenvalue weighted by Gasteiger charge is -2.35. The van der Waals surface area contributed by atoms with Crippen molar-refractivity contribution in [3.63, 3.8) is 0 Å². The molecule has 3 nitrogen and oxygen atoms in total. The molecule has 1 amide bonds. The molecule has 1 aromatic carbocycles. The number of amides is 1. The summed E-state index contributed by atoms with van der Waals surface area (Å²) in [7, 11) is 1.87. The molecule has 2 unspecified atom stereocenters. The zero-order valence-corrected chi connectivity index (χ0v) is 12.5. The van der Waals surface area contributed by atoms with E-state index in [1.807, 2.05) is 30.1 Å². The summed E-state index contributed by atoms with van der Waals surface area (Å²) in [6, 6.07) is 6.02. The average Bonchev–Trinajstić information content (AvgIpc) is 2.93. The second-order valence-corrected chi connectivity index (χ2v) is 6.32. The minimum absolute atomic E-state index is 0.0669. The van der Waals surface area contributed by atoms with Gasteiger partial charge in [0.1, 0.15) is 0 Å². The molecule has 4 heteroatoms. The van der Waals surface area contributed by atoms with Gasteiger partial charge >= 0.3 is 0 Å². The molecule has 0 aromatic heterocycles. The van der Waals surface area contributed by atoms with Crippen LogP contribution < -0.4 is 0 Å². The number of hydrogen-bond donors (Lipinski definition) is 0. The molecule has 0 saturated heterocycles. The molecule has 2 atom stereocenters. The third-order valence-corrected chi connectivity index (χ3v) is 4.94. The minimum atomic E-state index is 0.0669. The van der Waals surface area contributed by atoms with E-state index in [1.165, 1.54) is 12.0 Å². The van der Waals surface area contributed by atoms with Gasteiger partial charge in [-0.05, 0) is 36.1 Å². The lowest BCUT2D eigenvalue weighted by molar-refractivity contribution is 0.0700. The van der Waals surface area contributed by atoms with Gasteiger partial charge in [-0.3, -0.25) is 4.79 Å². The van der Waals surface area contributed by atoms with E-state index < -0.39 is 0 Å². The van der Waals surface area contributed by atoms with Crippen LogP contribution in [0.3, 0.4) is 0 Å². The van der Waals surface area contributed by atoms with Crippen molar-refractivity contribution >= 4 is 17.5 Å². The summed E-state index contributed by atoms with van der Waals surface area (Å²) in [5.74, 6) is 0.0669. The van der Waals surface area contributed by atoms with E-state index in [4.69, 9.17) is 16.3 Å². The number of halogens is 1. The maximum atomic E-state index is 12.6. The topological polar surface area (TPSA) is 29.5 Å². The van der Waals surface area contributed by atoms with E-state index in [-0.39, 0.29) is 17.3 Å². The van der Waals surface area contributed by atoms with Gasteiger partial charge in [-0.1, -0.05) is 18.9 Å². The van der Waals surface area contributed by atoms with E-state index in [0.29, 0.717) is 13.2 Å². The Bertz CT molecular complexity index is 517. The number of ether oxygens (including phenoxy) is 1. The maximum Gasteiger partial charge on any atom is 0.253 e. The largest absolute Gasteiger partial charge is 0.372 e. The fraction of sp³-hybridized carbons (Fsp3) is 0.562. The molecule has 1 aromatic rings. The predicted molar refractivity (Wildman–Crippen MR) is 78.9 cm³/mol. The normalized spacial score (nSPS) is 25.3. The van der Waals surface area contributed by atoms with Gasteiger partial charge in [0.15, 0.2) is 0 Å². The van der Waals surface area contributed by atoms with Crippen LogP contribution in [0.5, 0.6) is 0 Å². The van der Waals surface area contributed by atoms with E-state index in [9.17, 15) is 4.79 Å². The van der Waals surface area contributed by atoms with Crippen molar-refractivity contribution in [3.05, 3.63) is 34.9 Å². The van der Waals surface area contributed by atoms with E-state index >= 15 is 0 Å². The molecule has 0 spiro atoms. The molecule has 20 heavy (non-hydrogen) atoms. The van der Waals surface area contributed by atoms with Gasteiger partial charge < -0.3 is 9.64 Å². The summed E-state index contributed by atoms with van der Waals surface area (Å²) >= 11 is 6.39. The quantitative estimate of drug-likeness (QED) is 0.783. The summed E-state index contributed by atoms with van der Waals surface area (Å²) in [6.07, 6.45) is 4.33. The number of nitrogens with zero attached hydrogens (tertiary/aromatic N) is 1. The lowest BCUT2D eigenvalue weighted by Crippen LogP contribution is -2.44. The van der Waals surface area contributed by atoms with Crippen LogP contribution >= 0.6 is 11.6 Å². The van der Waals surface area contributed by atoms with Gasteiger partial charge in [-0.2, -0.15) is 0 Å². The highest BCUT2D eigenvalue weighted by Gasteiger charge is 2.30. The summed E-state index contributed by atoms with van der Waals surface area (Å²) < 4.78 is 5.40. The van der Waals surface area contributed by atoms with Crippen molar-refractivity contribution in [2.45, 2.75) is 50.3 Å². The Kier molecular flexibility index (Phi) is 3.99. The molecule has 1 aliphatic carbocycles. The van der Waals surface area contributed by atoms with Crippen molar-refractivity contribution in [2.75, 3.05) is 7.05 Å². The summed E-state index contributed by atoms with van der Waals surface area (Å²) in [5.41, 5.74) is 3.07. The Hall–Kier alpha value is -1.06. The minimum Gasteiger partial charge on any atom is -0.372 e. The molecular weight excluding hydrogens is 274 g/mol. The zero-order valence-electron chi connectivity index (χ0n) is 11.8. The second-order valence-electron chi connectivity index (χ2n) is 5.76. The first-order valence-corrected chi connectivity index (χ1v) is 7.71. The smallest absolute Gasteiger partial charge is 0.253 e. The van der Waals surface area contributed by atoms with Gasteiger partial charge in [0.2, 0.25) is 0 Å². The Balaban J connectivity index is 1.77. The number of fused-ring (bicyclic) bond motifs is 1. The lowest BCUT2D eigenvalue weighted by atomic mass is 9.93. The van der Waals surface area contributed by atoms with Crippen molar-refractivity contribution in [2.24, 2.45) is 0 Å². The van der Waals surface area contributed by atoms with Crippen LogP contribution in [0, 0.1) is 0 Å². The fourth-order valence-electron chi connectivity index (χ4n) is 3.16. The second kappa shape index (κ2) is 5.74. The first kappa shape index (κ1) is 13.9. The number of rotatable bonds is 2. The van der Waals surface area contributed by atoms with Crippen LogP contribution in [0.4, 0.5) is 0 Å². The number of carbonyl (C=O) groups is 1. The van der Waals surface area contributed by atoms with Crippen LogP contribution in [0.15, 0.2) is 18.2 Å². The summed E-state index contributed by atoms with van der Waals surface area (Å²) in [6.45, 7) is 1.27. The zero-order chi connectivity index (χ0) is 14.1. The summed E-state index contributed by atoms with van der Waals surface area (Å²) in [5, 5.41) is 0.0791. The Labute approximate surface area is 124 Å². The summed E-state index contributed by atoms with van der Waals surface area (Å²) in [4.78, 5) is 14.4. The van der Waals surface area contributed by atoms with Crippen molar-refractivity contribution in [3.8, 4) is 0 Å². The third-order valence-electron chi connectivity index (χ3n) is 4.43. The van der Waals surface area contributed by atoms with Crippen LogP contribution in [0.1, 0.15) is 47.2 Å². The van der Waals surface area contributed by atoms with Crippen LogP contribution in [-0.4, -0.2) is 29.3 Å². The predicted octanol–water partition coefficient (Wildman–Crippen LogP) is 3.34. The Morgan fingerprint density at radius 3 is 2.80 bits per heavy atom. The van der Waals surface area contributed by atoms with Gasteiger partial charge in [0, 0.05) is 18.7 Å². The van der Waals surface area contributed by atoms with Gasteiger partial charge in [-0.15, -0.1) is 11.6 Å². The van der Waals surface area contributed by atoms with E-state index in [2.05, 4.69) is 0 Å². The highest BCUT2D eigenvalue weighted by Crippen LogP contribution is 2.28. The van der Waals surface area contributed by atoms with Gasteiger partial charge in [0.25, 0.3) is 5.91 Å².